The van der Waals surface area contributed by atoms with E-state index in [-0.39, 0.29) is 0 Å². The molecule has 2 aliphatic heterocycles. The van der Waals surface area contributed by atoms with E-state index in [1.807, 2.05) is 6.20 Å². The molecule has 3 heterocycles. The third kappa shape index (κ3) is 2.99. The Kier molecular flexibility index (Phi) is 4.19. The van der Waals surface area contributed by atoms with Crippen LogP contribution in [0.15, 0.2) is 18.3 Å². The molecule has 0 saturated carbocycles. The first-order valence-corrected chi connectivity index (χ1v) is 9.25. The van der Waals surface area contributed by atoms with Crippen LogP contribution in [-0.2, 0) is 11.2 Å². The second kappa shape index (κ2) is 6.27. The predicted molar refractivity (Wildman–Crippen MR) is 86.7 cm³/mol. The van der Waals surface area contributed by atoms with E-state index in [1.54, 1.807) is 0 Å². The minimum absolute atomic E-state index is 0.640. The van der Waals surface area contributed by atoms with Gasteiger partial charge in [0.1, 0.15) is 0 Å². The summed E-state index contributed by atoms with van der Waals surface area (Å²) in [7, 11) is 0. The fraction of sp³-hybridized carbons (Fsp3) is 0.706. The summed E-state index contributed by atoms with van der Waals surface area (Å²) in [5.74, 6) is 0. The Hall–Kier alpha value is -0.580. The van der Waals surface area contributed by atoms with Crippen LogP contribution in [0.25, 0.3) is 0 Å². The van der Waals surface area contributed by atoms with Gasteiger partial charge in [0, 0.05) is 42.5 Å². The van der Waals surface area contributed by atoms with Gasteiger partial charge in [-0.05, 0) is 50.3 Å². The molecule has 3 nitrogen and oxygen atoms in total. The SMILES string of the molecule is c1cnc2c(c1)CCC2S[C@@H]1CCN(C2CCOCC2)C1. The molecule has 2 fully saturated rings. The zero-order valence-corrected chi connectivity index (χ0v) is 13.4. The summed E-state index contributed by atoms with van der Waals surface area (Å²) in [6.07, 6.45) is 8.26. The lowest BCUT2D eigenvalue weighted by Gasteiger charge is -2.31. The lowest BCUT2D eigenvalue weighted by atomic mass is 10.1. The molecule has 3 aliphatic rings. The highest BCUT2D eigenvalue weighted by Crippen LogP contribution is 2.44. The smallest absolute Gasteiger partial charge is 0.0565 e. The Morgan fingerprint density at radius 3 is 3.00 bits per heavy atom. The molecule has 1 aromatic heterocycles. The lowest BCUT2D eigenvalue weighted by Crippen LogP contribution is -2.38. The van der Waals surface area contributed by atoms with Gasteiger partial charge in [-0.15, -0.1) is 11.8 Å². The van der Waals surface area contributed by atoms with Crippen molar-refractivity contribution in [1.29, 1.82) is 0 Å². The molecule has 0 N–H and O–H groups in total. The molecule has 0 amide bonds. The van der Waals surface area contributed by atoms with Crippen LogP contribution >= 0.6 is 11.8 Å². The van der Waals surface area contributed by atoms with E-state index >= 15 is 0 Å². The Bertz CT molecular complexity index is 489. The van der Waals surface area contributed by atoms with Crippen molar-refractivity contribution in [2.45, 2.75) is 48.6 Å². The van der Waals surface area contributed by atoms with Crippen molar-refractivity contribution in [3.63, 3.8) is 0 Å². The zero-order valence-electron chi connectivity index (χ0n) is 12.5. The van der Waals surface area contributed by atoms with Crippen molar-refractivity contribution >= 4 is 11.8 Å². The van der Waals surface area contributed by atoms with Crippen LogP contribution in [0.1, 0.15) is 42.2 Å². The van der Waals surface area contributed by atoms with Crippen LogP contribution in [0.3, 0.4) is 0 Å². The highest BCUT2D eigenvalue weighted by atomic mass is 32.2. The van der Waals surface area contributed by atoms with Crippen LogP contribution in [0.5, 0.6) is 0 Å². The van der Waals surface area contributed by atoms with Crippen molar-refractivity contribution in [1.82, 2.24) is 9.88 Å². The molecule has 21 heavy (non-hydrogen) atoms. The minimum Gasteiger partial charge on any atom is -0.381 e. The highest BCUT2D eigenvalue weighted by molar-refractivity contribution is 8.00. The van der Waals surface area contributed by atoms with E-state index in [2.05, 4.69) is 33.8 Å². The van der Waals surface area contributed by atoms with Gasteiger partial charge in [0.05, 0.1) is 5.69 Å². The van der Waals surface area contributed by atoms with Gasteiger partial charge < -0.3 is 4.74 Å². The molecule has 0 aromatic carbocycles. The largest absolute Gasteiger partial charge is 0.381 e. The fourth-order valence-electron chi connectivity index (χ4n) is 3.99. The van der Waals surface area contributed by atoms with Crippen molar-refractivity contribution in [2.24, 2.45) is 0 Å². The summed E-state index contributed by atoms with van der Waals surface area (Å²) in [4.78, 5) is 7.36. The molecule has 1 unspecified atom stereocenters. The summed E-state index contributed by atoms with van der Waals surface area (Å²) in [6, 6.07) is 5.11. The van der Waals surface area contributed by atoms with Gasteiger partial charge in [-0.3, -0.25) is 9.88 Å². The average molecular weight is 304 g/mol. The number of thioether (sulfide) groups is 1. The number of pyridine rings is 1. The average Bonchev–Trinajstić information content (AvgIpc) is 3.17. The van der Waals surface area contributed by atoms with Crippen molar-refractivity contribution in [2.75, 3.05) is 26.3 Å². The lowest BCUT2D eigenvalue weighted by molar-refractivity contribution is 0.0425. The molecule has 1 aliphatic carbocycles. The van der Waals surface area contributed by atoms with E-state index < -0.39 is 0 Å². The standard InChI is InChI=1S/C17H24N2OS/c1-2-13-3-4-16(17(13)18-8-1)21-15-5-9-19(12-15)14-6-10-20-11-7-14/h1-2,8,14-16H,3-7,9-12H2/t15-,16?/m1/s1. The molecule has 2 saturated heterocycles. The van der Waals surface area contributed by atoms with Gasteiger partial charge in [-0.2, -0.15) is 0 Å². The minimum atomic E-state index is 0.640. The second-order valence-corrected chi connectivity index (χ2v) is 7.97. The van der Waals surface area contributed by atoms with Crippen LogP contribution in [0, 0.1) is 0 Å². The molecule has 4 heteroatoms. The van der Waals surface area contributed by atoms with Gasteiger partial charge in [0.15, 0.2) is 0 Å². The normalized spacial score (nSPS) is 30.7. The first kappa shape index (κ1) is 14.0. The maximum absolute atomic E-state index is 5.49. The summed E-state index contributed by atoms with van der Waals surface area (Å²) >= 11 is 2.19. The topological polar surface area (TPSA) is 25.4 Å². The second-order valence-electron chi connectivity index (χ2n) is 6.46. The van der Waals surface area contributed by atoms with Crippen LogP contribution < -0.4 is 0 Å². The van der Waals surface area contributed by atoms with Crippen molar-refractivity contribution in [3.05, 3.63) is 29.6 Å². The van der Waals surface area contributed by atoms with Crippen molar-refractivity contribution in [3.8, 4) is 0 Å². The van der Waals surface area contributed by atoms with Gasteiger partial charge in [-0.1, -0.05) is 6.07 Å². The number of ether oxygens (including phenoxy) is 1. The van der Waals surface area contributed by atoms with E-state index in [9.17, 15) is 0 Å². The fourth-order valence-corrected chi connectivity index (χ4v) is 5.57. The first-order valence-electron chi connectivity index (χ1n) is 8.31. The molecule has 0 spiro atoms. The third-order valence-electron chi connectivity index (χ3n) is 5.15. The number of aryl methyl sites for hydroxylation is 1. The molecule has 1 aromatic rings. The van der Waals surface area contributed by atoms with E-state index in [0.29, 0.717) is 5.25 Å². The summed E-state index contributed by atoms with van der Waals surface area (Å²) in [6.45, 7) is 4.47. The van der Waals surface area contributed by atoms with Crippen molar-refractivity contribution < 1.29 is 4.74 Å². The highest BCUT2D eigenvalue weighted by Gasteiger charge is 2.33. The van der Waals surface area contributed by atoms with E-state index in [4.69, 9.17) is 4.74 Å². The Morgan fingerprint density at radius 2 is 2.10 bits per heavy atom. The molecule has 0 bridgehead atoms. The monoisotopic (exact) mass is 304 g/mol. The maximum atomic E-state index is 5.49. The summed E-state index contributed by atoms with van der Waals surface area (Å²) in [5, 5.41) is 1.44. The number of hydrogen-bond donors (Lipinski definition) is 0. The first-order chi connectivity index (χ1) is 10.4. The summed E-state index contributed by atoms with van der Waals surface area (Å²) < 4.78 is 5.49. The van der Waals surface area contributed by atoms with Crippen LogP contribution in [-0.4, -0.2) is 47.5 Å². The molecular formula is C17H24N2OS. The predicted octanol–water partition coefficient (Wildman–Crippen LogP) is 3.06. The molecule has 4 rings (SSSR count). The summed E-state index contributed by atoms with van der Waals surface area (Å²) in [5.41, 5.74) is 2.85. The maximum Gasteiger partial charge on any atom is 0.0565 e. The van der Waals surface area contributed by atoms with Gasteiger partial charge in [0.2, 0.25) is 0 Å². The van der Waals surface area contributed by atoms with Gasteiger partial charge >= 0.3 is 0 Å². The van der Waals surface area contributed by atoms with Gasteiger partial charge in [0.25, 0.3) is 0 Å². The Labute approximate surface area is 131 Å². The number of hydrogen-bond acceptors (Lipinski definition) is 4. The van der Waals surface area contributed by atoms with Crippen LogP contribution in [0.4, 0.5) is 0 Å². The number of rotatable bonds is 3. The number of likely N-dealkylation sites (tertiary alicyclic amines) is 1. The van der Waals surface area contributed by atoms with Crippen LogP contribution in [0.2, 0.25) is 0 Å². The molecular weight excluding hydrogens is 280 g/mol. The Morgan fingerprint density at radius 1 is 1.19 bits per heavy atom. The molecule has 114 valence electrons. The quantitative estimate of drug-likeness (QED) is 0.857. The molecule has 2 atom stereocenters. The zero-order chi connectivity index (χ0) is 14.1. The number of aromatic nitrogens is 1. The third-order valence-corrected chi connectivity index (χ3v) is 6.70. The number of fused-ring (bicyclic) bond motifs is 1. The van der Waals surface area contributed by atoms with Gasteiger partial charge in [-0.25, -0.2) is 0 Å². The number of nitrogens with zero attached hydrogens (tertiary/aromatic N) is 2. The molecule has 0 radical (unpaired) electrons. The van der Waals surface area contributed by atoms with E-state index in [0.717, 1.165) is 24.5 Å². The Balaban J connectivity index is 1.35. The van der Waals surface area contributed by atoms with E-state index in [1.165, 1.54) is 56.5 Å².